The SMILES string of the molecule is CC(CN(C(=O)CCCOc1ccccc1)C1CC1)C(=O)O. The zero-order chi connectivity index (χ0) is 15.9. The standard InChI is InChI=1S/C17H23NO4/c1-13(17(20)21)12-18(14-9-10-14)16(19)8-5-11-22-15-6-3-2-4-7-15/h2-4,6-7,13-14H,5,8-12H2,1H3,(H,20,21). The van der Waals surface area contributed by atoms with Crippen molar-refractivity contribution in [2.24, 2.45) is 5.92 Å². The van der Waals surface area contributed by atoms with Crippen molar-refractivity contribution in [3.8, 4) is 5.75 Å². The summed E-state index contributed by atoms with van der Waals surface area (Å²) in [6.07, 6.45) is 3.01. The van der Waals surface area contributed by atoms with Crippen LogP contribution in [-0.2, 0) is 9.59 Å². The minimum atomic E-state index is -0.856. The molecule has 0 bridgehead atoms. The fourth-order valence-corrected chi connectivity index (χ4v) is 2.29. The molecule has 1 aromatic rings. The second kappa shape index (κ2) is 7.82. The number of carbonyl (C=O) groups is 2. The van der Waals surface area contributed by atoms with Crippen LogP contribution in [0.2, 0.25) is 0 Å². The van der Waals surface area contributed by atoms with Crippen molar-refractivity contribution in [2.75, 3.05) is 13.2 Å². The largest absolute Gasteiger partial charge is 0.494 e. The number of ether oxygens (including phenoxy) is 1. The van der Waals surface area contributed by atoms with E-state index in [9.17, 15) is 9.59 Å². The van der Waals surface area contributed by atoms with Gasteiger partial charge in [-0.3, -0.25) is 9.59 Å². The summed E-state index contributed by atoms with van der Waals surface area (Å²) in [6, 6.07) is 9.74. The molecule has 0 heterocycles. The Morgan fingerprint density at radius 2 is 2.00 bits per heavy atom. The number of aliphatic carboxylic acids is 1. The number of carbonyl (C=O) groups excluding carboxylic acids is 1. The molecule has 1 amide bonds. The van der Waals surface area contributed by atoms with Crippen molar-refractivity contribution < 1.29 is 19.4 Å². The summed E-state index contributed by atoms with van der Waals surface area (Å²) in [5, 5.41) is 9.00. The van der Waals surface area contributed by atoms with Crippen molar-refractivity contribution >= 4 is 11.9 Å². The Hall–Kier alpha value is -2.04. The molecule has 1 atom stereocenters. The van der Waals surface area contributed by atoms with Crippen molar-refractivity contribution in [1.29, 1.82) is 0 Å². The monoisotopic (exact) mass is 305 g/mol. The van der Waals surface area contributed by atoms with Crippen LogP contribution in [-0.4, -0.2) is 41.1 Å². The van der Waals surface area contributed by atoms with Crippen LogP contribution < -0.4 is 4.74 Å². The van der Waals surface area contributed by atoms with E-state index < -0.39 is 11.9 Å². The Morgan fingerprint density at radius 1 is 1.32 bits per heavy atom. The Bertz CT molecular complexity index is 499. The molecule has 120 valence electrons. The summed E-state index contributed by atoms with van der Waals surface area (Å²) >= 11 is 0. The van der Waals surface area contributed by atoms with Crippen LogP contribution in [0.25, 0.3) is 0 Å². The number of para-hydroxylation sites is 1. The van der Waals surface area contributed by atoms with E-state index in [2.05, 4.69) is 0 Å². The molecule has 5 nitrogen and oxygen atoms in total. The van der Waals surface area contributed by atoms with E-state index in [0.717, 1.165) is 18.6 Å². The maximum Gasteiger partial charge on any atom is 0.308 e. The fraction of sp³-hybridized carbons (Fsp3) is 0.529. The van der Waals surface area contributed by atoms with E-state index in [1.165, 1.54) is 0 Å². The van der Waals surface area contributed by atoms with Gasteiger partial charge in [0.25, 0.3) is 0 Å². The first-order valence-corrected chi connectivity index (χ1v) is 7.78. The van der Waals surface area contributed by atoms with Crippen LogP contribution in [0.5, 0.6) is 5.75 Å². The molecule has 1 aromatic carbocycles. The summed E-state index contributed by atoms with van der Waals surface area (Å²) < 4.78 is 5.57. The third-order valence-electron chi connectivity index (χ3n) is 3.75. The molecule has 0 radical (unpaired) electrons. The van der Waals surface area contributed by atoms with Gasteiger partial charge in [-0.1, -0.05) is 25.1 Å². The predicted octanol–water partition coefficient (Wildman–Crippen LogP) is 2.56. The van der Waals surface area contributed by atoms with Gasteiger partial charge in [0.1, 0.15) is 5.75 Å². The second-order valence-corrected chi connectivity index (χ2v) is 5.78. The van der Waals surface area contributed by atoms with Crippen LogP contribution in [0.4, 0.5) is 0 Å². The normalized spacial score (nSPS) is 15.1. The zero-order valence-electron chi connectivity index (χ0n) is 12.9. The van der Waals surface area contributed by atoms with Crippen molar-refractivity contribution in [1.82, 2.24) is 4.90 Å². The minimum absolute atomic E-state index is 0.0345. The summed E-state index contributed by atoms with van der Waals surface area (Å²) in [5.74, 6) is -0.545. The lowest BCUT2D eigenvalue weighted by atomic mass is 10.1. The van der Waals surface area contributed by atoms with E-state index in [1.807, 2.05) is 30.3 Å². The molecule has 1 aliphatic rings. The molecule has 1 saturated carbocycles. The average Bonchev–Trinajstić information content (AvgIpc) is 3.34. The topological polar surface area (TPSA) is 66.8 Å². The maximum absolute atomic E-state index is 12.3. The summed E-state index contributed by atoms with van der Waals surface area (Å²) in [4.78, 5) is 25.0. The second-order valence-electron chi connectivity index (χ2n) is 5.78. The first-order chi connectivity index (χ1) is 10.6. The van der Waals surface area contributed by atoms with Gasteiger partial charge < -0.3 is 14.7 Å². The van der Waals surface area contributed by atoms with E-state index in [4.69, 9.17) is 9.84 Å². The summed E-state index contributed by atoms with van der Waals surface area (Å²) in [7, 11) is 0. The number of carboxylic acids is 1. The highest BCUT2D eigenvalue weighted by atomic mass is 16.5. The van der Waals surface area contributed by atoms with Gasteiger partial charge in [0, 0.05) is 19.0 Å². The fourth-order valence-electron chi connectivity index (χ4n) is 2.29. The average molecular weight is 305 g/mol. The molecule has 0 aliphatic heterocycles. The Morgan fingerprint density at radius 3 is 2.59 bits per heavy atom. The summed E-state index contributed by atoms with van der Waals surface area (Å²) in [6.45, 7) is 2.44. The lowest BCUT2D eigenvalue weighted by Crippen LogP contribution is -2.38. The van der Waals surface area contributed by atoms with Gasteiger partial charge >= 0.3 is 5.97 Å². The number of carboxylic acid groups (broad SMARTS) is 1. The number of amides is 1. The maximum atomic E-state index is 12.3. The van der Waals surface area contributed by atoms with Crippen molar-refractivity contribution in [3.63, 3.8) is 0 Å². The summed E-state index contributed by atoms with van der Waals surface area (Å²) in [5.41, 5.74) is 0. The van der Waals surface area contributed by atoms with Gasteiger partial charge in [0.15, 0.2) is 0 Å². The van der Waals surface area contributed by atoms with Gasteiger partial charge in [-0.25, -0.2) is 0 Å². The van der Waals surface area contributed by atoms with Gasteiger partial charge in [0.05, 0.1) is 12.5 Å². The molecule has 1 unspecified atom stereocenters. The van der Waals surface area contributed by atoms with E-state index >= 15 is 0 Å². The lowest BCUT2D eigenvalue weighted by Gasteiger charge is -2.24. The minimum Gasteiger partial charge on any atom is -0.494 e. The molecular weight excluding hydrogens is 282 g/mol. The van der Waals surface area contributed by atoms with Crippen LogP contribution >= 0.6 is 0 Å². The Balaban J connectivity index is 1.73. The Kier molecular flexibility index (Phi) is 5.81. The molecule has 0 saturated heterocycles. The highest BCUT2D eigenvalue weighted by molar-refractivity contribution is 5.78. The molecule has 1 N–H and O–H groups in total. The van der Waals surface area contributed by atoms with Crippen molar-refractivity contribution in [2.45, 2.75) is 38.6 Å². The first kappa shape index (κ1) is 16.3. The highest BCUT2D eigenvalue weighted by Crippen LogP contribution is 2.28. The Labute approximate surface area is 130 Å². The van der Waals surface area contributed by atoms with Crippen molar-refractivity contribution in [3.05, 3.63) is 30.3 Å². The predicted molar refractivity (Wildman–Crippen MR) is 82.7 cm³/mol. The molecule has 1 aliphatic carbocycles. The number of hydrogen-bond donors (Lipinski definition) is 1. The third kappa shape index (κ3) is 5.06. The molecule has 5 heteroatoms. The van der Waals surface area contributed by atoms with Gasteiger partial charge in [-0.15, -0.1) is 0 Å². The smallest absolute Gasteiger partial charge is 0.308 e. The van der Waals surface area contributed by atoms with Crippen LogP contribution in [0, 0.1) is 5.92 Å². The van der Waals surface area contributed by atoms with Gasteiger partial charge in [-0.2, -0.15) is 0 Å². The van der Waals surface area contributed by atoms with Crippen LogP contribution in [0.3, 0.4) is 0 Å². The van der Waals surface area contributed by atoms with E-state index in [1.54, 1.807) is 11.8 Å². The quantitative estimate of drug-likeness (QED) is 0.712. The molecule has 0 aromatic heterocycles. The molecular formula is C17H23NO4. The van der Waals surface area contributed by atoms with Crippen LogP contribution in [0.15, 0.2) is 30.3 Å². The van der Waals surface area contributed by atoms with E-state index in [0.29, 0.717) is 26.0 Å². The molecule has 2 rings (SSSR count). The highest BCUT2D eigenvalue weighted by Gasteiger charge is 2.33. The number of rotatable bonds is 9. The number of hydrogen-bond acceptors (Lipinski definition) is 3. The van der Waals surface area contributed by atoms with Gasteiger partial charge in [0.2, 0.25) is 5.91 Å². The molecule has 1 fully saturated rings. The number of nitrogens with zero attached hydrogens (tertiary/aromatic N) is 1. The third-order valence-corrected chi connectivity index (χ3v) is 3.75. The molecule has 0 spiro atoms. The van der Waals surface area contributed by atoms with Crippen LogP contribution in [0.1, 0.15) is 32.6 Å². The van der Waals surface area contributed by atoms with E-state index in [-0.39, 0.29) is 11.9 Å². The number of benzene rings is 1. The van der Waals surface area contributed by atoms with Gasteiger partial charge in [-0.05, 0) is 31.4 Å². The molecule has 22 heavy (non-hydrogen) atoms. The lowest BCUT2D eigenvalue weighted by molar-refractivity contribution is -0.143. The first-order valence-electron chi connectivity index (χ1n) is 7.78. The zero-order valence-corrected chi connectivity index (χ0v) is 12.9.